The number of sulfonamides is 1. The summed E-state index contributed by atoms with van der Waals surface area (Å²) in [6, 6.07) is 8.56. The van der Waals surface area contributed by atoms with Crippen LogP contribution in [0.4, 0.5) is 5.69 Å². The Morgan fingerprint density at radius 3 is 2.39 bits per heavy atom. The van der Waals surface area contributed by atoms with Crippen LogP contribution in [0.2, 0.25) is 0 Å². The lowest BCUT2D eigenvalue weighted by Crippen LogP contribution is -2.21. The van der Waals surface area contributed by atoms with Crippen molar-refractivity contribution in [3.8, 4) is 0 Å². The van der Waals surface area contributed by atoms with Crippen LogP contribution in [0.1, 0.15) is 10.5 Å². The van der Waals surface area contributed by atoms with Gasteiger partial charge in [-0.15, -0.1) is 0 Å². The molecule has 0 bridgehead atoms. The molecule has 3 N–H and O–H groups in total. The Balaban J connectivity index is 1.90. The fourth-order valence-corrected chi connectivity index (χ4v) is 2.32. The standard InChI is InChI=1S/C14H15N3O5S/c1-17-8-2-3-12(17)14(19)22-9-13(18)16-10-4-6-11(7-5-10)23(15,20)21/h2-8H,9H2,1H3,(H,16,18)(H2,15,20,21). The number of anilines is 1. The lowest BCUT2D eigenvalue weighted by molar-refractivity contribution is -0.119. The van der Waals surface area contributed by atoms with Gasteiger partial charge >= 0.3 is 5.97 Å². The molecule has 0 radical (unpaired) electrons. The maximum Gasteiger partial charge on any atom is 0.355 e. The summed E-state index contributed by atoms with van der Waals surface area (Å²) in [7, 11) is -2.10. The Labute approximate surface area is 132 Å². The van der Waals surface area contributed by atoms with E-state index in [2.05, 4.69) is 5.32 Å². The average Bonchev–Trinajstić information content (AvgIpc) is 2.90. The smallest absolute Gasteiger partial charge is 0.355 e. The van der Waals surface area contributed by atoms with Crippen LogP contribution in [0, 0.1) is 0 Å². The number of aryl methyl sites for hydroxylation is 1. The Kier molecular flexibility index (Phi) is 4.82. The molecule has 0 aliphatic carbocycles. The van der Waals surface area contributed by atoms with Gasteiger partial charge in [0.15, 0.2) is 6.61 Å². The highest BCUT2D eigenvalue weighted by molar-refractivity contribution is 7.89. The van der Waals surface area contributed by atoms with Crippen molar-refractivity contribution in [2.45, 2.75) is 4.90 Å². The number of amides is 1. The number of benzene rings is 1. The molecular weight excluding hydrogens is 322 g/mol. The number of nitrogens with two attached hydrogens (primary N) is 1. The van der Waals surface area contributed by atoms with E-state index >= 15 is 0 Å². The third kappa shape index (κ3) is 4.41. The lowest BCUT2D eigenvalue weighted by atomic mass is 10.3. The molecule has 0 atom stereocenters. The van der Waals surface area contributed by atoms with Crippen LogP contribution >= 0.6 is 0 Å². The summed E-state index contributed by atoms with van der Waals surface area (Å²) in [4.78, 5) is 23.4. The number of rotatable bonds is 5. The number of aromatic nitrogens is 1. The molecule has 8 nitrogen and oxygen atoms in total. The van der Waals surface area contributed by atoms with Gasteiger partial charge in [0, 0.05) is 18.9 Å². The first kappa shape index (κ1) is 16.7. The van der Waals surface area contributed by atoms with Crippen molar-refractivity contribution < 1.29 is 22.7 Å². The molecule has 2 aromatic rings. The number of hydrogen-bond donors (Lipinski definition) is 2. The molecule has 1 heterocycles. The van der Waals surface area contributed by atoms with E-state index < -0.39 is 28.5 Å². The number of esters is 1. The number of nitrogens with one attached hydrogen (secondary N) is 1. The molecule has 0 spiro atoms. The predicted molar refractivity (Wildman–Crippen MR) is 82.1 cm³/mol. The van der Waals surface area contributed by atoms with Crippen LogP contribution in [-0.2, 0) is 26.6 Å². The second-order valence-corrected chi connectivity index (χ2v) is 6.26. The Morgan fingerprint density at radius 2 is 1.87 bits per heavy atom. The third-order valence-electron chi connectivity index (χ3n) is 2.95. The summed E-state index contributed by atoms with van der Waals surface area (Å²) < 4.78 is 28.7. The summed E-state index contributed by atoms with van der Waals surface area (Å²) >= 11 is 0. The highest BCUT2D eigenvalue weighted by Crippen LogP contribution is 2.12. The first-order valence-corrected chi connectivity index (χ1v) is 8.03. The SMILES string of the molecule is Cn1cccc1C(=O)OCC(=O)Nc1ccc(S(N)(=O)=O)cc1. The number of carbonyl (C=O) groups excluding carboxylic acids is 2. The van der Waals surface area contributed by atoms with Crippen LogP contribution in [0.15, 0.2) is 47.5 Å². The van der Waals surface area contributed by atoms with Crippen molar-refractivity contribution in [3.05, 3.63) is 48.3 Å². The van der Waals surface area contributed by atoms with Gasteiger partial charge in [0.1, 0.15) is 5.69 Å². The number of nitrogens with zero attached hydrogens (tertiary/aromatic N) is 1. The molecule has 0 unspecified atom stereocenters. The molecule has 23 heavy (non-hydrogen) atoms. The van der Waals surface area contributed by atoms with Crippen LogP contribution in [0.3, 0.4) is 0 Å². The van der Waals surface area contributed by atoms with Gasteiger partial charge in [-0.1, -0.05) is 0 Å². The lowest BCUT2D eigenvalue weighted by Gasteiger charge is -2.07. The molecule has 0 fully saturated rings. The number of carbonyl (C=O) groups is 2. The fraction of sp³-hybridized carbons (Fsp3) is 0.143. The van der Waals surface area contributed by atoms with Crippen LogP contribution in [-0.4, -0.2) is 31.5 Å². The van der Waals surface area contributed by atoms with Gasteiger partial charge in [0.25, 0.3) is 5.91 Å². The molecule has 2 rings (SSSR count). The molecular formula is C14H15N3O5S. The normalized spacial score (nSPS) is 11.0. The van der Waals surface area contributed by atoms with Gasteiger partial charge in [0.05, 0.1) is 4.90 Å². The van der Waals surface area contributed by atoms with Crippen LogP contribution in [0.25, 0.3) is 0 Å². The van der Waals surface area contributed by atoms with Gasteiger partial charge in [-0.3, -0.25) is 4.79 Å². The molecule has 9 heteroatoms. The second kappa shape index (κ2) is 6.63. The van der Waals surface area contributed by atoms with Gasteiger partial charge in [-0.05, 0) is 36.4 Å². The highest BCUT2D eigenvalue weighted by Gasteiger charge is 2.13. The predicted octanol–water partition coefficient (Wildman–Crippen LogP) is 0.468. The summed E-state index contributed by atoms with van der Waals surface area (Å²) in [6.45, 7) is -0.457. The minimum atomic E-state index is -3.78. The van der Waals surface area contributed by atoms with Crippen molar-refractivity contribution >= 4 is 27.6 Å². The zero-order chi connectivity index (χ0) is 17.0. The molecule has 122 valence electrons. The third-order valence-corrected chi connectivity index (χ3v) is 3.88. The Morgan fingerprint density at radius 1 is 1.22 bits per heavy atom. The molecule has 0 aliphatic rings. The summed E-state index contributed by atoms with van der Waals surface area (Å²) in [5.41, 5.74) is 0.688. The quantitative estimate of drug-likeness (QED) is 0.768. The fourth-order valence-electron chi connectivity index (χ4n) is 1.80. The largest absolute Gasteiger partial charge is 0.451 e. The molecule has 1 amide bonds. The van der Waals surface area contributed by atoms with Gasteiger partial charge in [0.2, 0.25) is 10.0 Å². The van der Waals surface area contributed by atoms with E-state index in [1.807, 2.05) is 0 Å². The van der Waals surface area contributed by atoms with E-state index in [4.69, 9.17) is 9.88 Å². The maximum atomic E-state index is 11.7. The molecule has 1 aromatic heterocycles. The summed E-state index contributed by atoms with van der Waals surface area (Å²) in [5.74, 6) is -1.16. The topological polar surface area (TPSA) is 120 Å². The Hall–Kier alpha value is -2.65. The summed E-state index contributed by atoms with van der Waals surface area (Å²) in [6.07, 6.45) is 1.68. The van der Waals surface area contributed by atoms with Crippen LogP contribution in [0.5, 0.6) is 0 Å². The molecule has 1 aromatic carbocycles. The minimum Gasteiger partial charge on any atom is -0.451 e. The number of ether oxygens (including phenoxy) is 1. The summed E-state index contributed by atoms with van der Waals surface area (Å²) in [5, 5.41) is 7.45. The second-order valence-electron chi connectivity index (χ2n) is 4.70. The van der Waals surface area contributed by atoms with Crippen molar-refractivity contribution in [3.63, 3.8) is 0 Å². The number of primary sulfonamides is 1. The van der Waals surface area contributed by atoms with Gasteiger partial charge < -0.3 is 14.6 Å². The van der Waals surface area contributed by atoms with Gasteiger partial charge in [-0.25, -0.2) is 18.4 Å². The average molecular weight is 337 g/mol. The van der Waals surface area contributed by atoms with Crippen LogP contribution < -0.4 is 10.5 Å². The molecule has 0 aliphatic heterocycles. The minimum absolute atomic E-state index is 0.0642. The monoisotopic (exact) mass is 337 g/mol. The van der Waals surface area contributed by atoms with Crippen molar-refractivity contribution in [2.75, 3.05) is 11.9 Å². The first-order chi connectivity index (χ1) is 10.8. The highest BCUT2D eigenvalue weighted by atomic mass is 32.2. The van der Waals surface area contributed by atoms with E-state index in [0.29, 0.717) is 11.4 Å². The van der Waals surface area contributed by atoms with E-state index in [1.165, 1.54) is 24.3 Å². The maximum absolute atomic E-state index is 11.7. The van der Waals surface area contributed by atoms with E-state index in [1.54, 1.807) is 29.9 Å². The van der Waals surface area contributed by atoms with Crippen molar-refractivity contribution in [1.82, 2.24) is 4.57 Å². The van der Waals surface area contributed by atoms with Gasteiger partial charge in [-0.2, -0.15) is 0 Å². The van der Waals surface area contributed by atoms with E-state index in [0.717, 1.165) is 0 Å². The first-order valence-electron chi connectivity index (χ1n) is 6.48. The van der Waals surface area contributed by atoms with E-state index in [-0.39, 0.29) is 4.90 Å². The van der Waals surface area contributed by atoms with E-state index in [9.17, 15) is 18.0 Å². The number of hydrogen-bond acceptors (Lipinski definition) is 5. The molecule has 0 saturated carbocycles. The zero-order valence-electron chi connectivity index (χ0n) is 12.2. The van der Waals surface area contributed by atoms with Crippen molar-refractivity contribution in [2.24, 2.45) is 12.2 Å². The zero-order valence-corrected chi connectivity index (χ0v) is 13.0. The van der Waals surface area contributed by atoms with Crippen molar-refractivity contribution in [1.29, 1.82) is 0 Å². The molecule has 0 saturated heterocycles. The Bertz CT molecular complexity index is 824.